The number of hydrogen-bond donors (Lipinski definition) is 2. The van der Waals surface area contributed by atoms with Crippen molar-refractivity contribution in [3.63, 3.8) is 0 Å². The van der Waals surface area contributed by atoms with Crippen LogP contribution in [0.1, 0.15) is 6.42 Å². The number of para-hydroxylation sites is 1. The molecule has 1 aliphatic heterocycles. The molecule has 5 nitrogen and oxygen atoms in total. The summed E-state index contributed by atoms with van der Waals surface area (Å²) >= 11 is 0. The zero-order chi connectivity index (χ0) is 16.4. The molecular formula is C17H15FN2O3. The number of halogens is 1. The fraction of sp³-hybridized carbons (Fsp3) is 0.176. The zero-order valence-electron chi connectivity index (χ0n) is 12.2. The van der Waals surface area contributed by atoms with Crippen LogP contribution in [0.3, 0.4) is 0 Å². The van der Waals surface area contributed by atoms with E-state index in [1.165, 1.54) is 29.2 Å². The Morgan fingerprint density at radius 3 is 2.57 bits per heavy atom. The number of hydrogen-bond acceptors (Lipinski definition) is 3. The first-order valence-electron chi connectivity index (χ1n) is 7.19. The van der Waals surface area contributed by atoms with Crippen molar-refractivity contribution in [1.29, 1.82) is 0 Å². The van der Waals surface area contributed by atoms with Gasteiger partial charge in [-0.25, -0.2) is 4.39 Å². The van der Waals surface area contributed by atoms with Gasteiger partial charge in [0.15, 0.2) is 0 Å². The fourth-order valence-electron chi connectivity index (χ4n) is 2.58. The molecule has 3 rings (SSSR count). The maximum absolute atomic E-state index is 13.8. The Labute approximate surface area is 132 Å². The molecule has 1 fully saturated rings. The van der Waals surface area contributed by atoms with Crippen molar-refractivity contribution in [2.45, 2.75) is 6.42 Å². The SMILES string of the molecule is O=C(Nc1ccc(O)cc1)[C@@H]1CC(=O)N(c2ccccc2F)C1. The molecule has 0 spiro atoms. The normalized spacial score (nSPS) is 17.3. The maximum Gasteiger partial charge on any atom is 0.229 e. The molecule has 0 aromatic heterocycles. The lowest BCUT2D eigenvalue weighted by Crippen LogP contribution is -2.28. The van der Waals surface area contributed by atoms with E-state index in [9.17, 15) is 19.1 Å². The predicted octanol–water partition coefficient (Wildman–Crippen LogP) is 2.52. The van der Waals surface area contributed by atoms with E-state index in [2.05, 4.69) is 5.32 Å². The van der Waals surface area contributed by atoms with Gasteiger partial charge in [0.1, 0.15) is 11.6 Å². The van der Waals surface area contributed by atoms with Gasteiger partial charge in [0.25, 0.3) is 0 Å². The molecule has 2 aromatic rings. The number of carbonyl (C=O) groups is 2. The van der Waals surface area contributed by atoms with Gasteiger partial charge in [-0.05, 0) is 36.4 Å². The maximum atomic E-state index is 13.8. The molecule has 1 saturated heterocycles. The molecule has 0 unspecified atom stereocenters. The van der Waals surface area contributed by atoms with Crippen molar-refractivity contribution in [1.82, 2.24) is 0 Å². The number of phenolic OH excluding ortho intramolecular Hbond substituents is 1. The number of phenols is 1. The monoisotopic (exact) mass is 314 g/mol. The Kier molecular flexibility index (Phi) is 3.97. The average Bonchev–Trinajstić information content (AvgIpc) is 2.92. The van der Waals surface area contributed by atoms with E-state index in [-0.39, 0.29) is 36.2 Å². The second-order valence-corrected chi connectivity index (χ2v) is 5.39. The van der Waals surface area contributed by atoms with Crippen LogP contribution in [0.25, 0.3) is 0 Å². The number of rotatable bonds is 3. The number of benzene rings is 2. The molecule has 2 aromatic carbocycles. The summed E-state index contributed by atoms with van der Waals surface area (Å²) in [5.74, 6) is -1.51. The fourth-order valence-corrected chi connectivity index (χ4v) is 2.58. The molecule has 0 radical (unpaired) electrons. The smallest absolute Gasteiger partial charge is 0.229 e. The Morgan fingerprint density at radius 2 is 1.87 bits per heavy atom. The summed E-state index contributed by atoms with van der Waals surface area (Å²) < 4.78 is 13.8. The average molecular weight is 314 g/mol. The van der Waals surface area contributed by atoms with Gasteiger partial charge < -0.3 is 15.3 Å². The topological polar surface area (TPSA) is 69.6 Å². The molecule has 1 aliphatic rings. The number of nitrogens with one attached hydrogen (secondary N) is 1. The Balaban J connectivity index is 1.71. The molecular weight excluding hydrogens is 299 g/mol. The van der Waals surface area contributed by atoms with Crippen molar-refractivity contribution in [2.75, 3.05) is 16.8 Å². The van der Waals surface area contributed by atoms with Gasteiger partial charge in [0.2, 0.25) is 11.8 Å². The van der Waals surface area contributed by atoms with E-state index in [4.69, 9.17) is 0 Å². The summed E-state index contributed by atoms with van der Waals surface area (Å²) in [5.41, 5.74) is 0.724. The predicted molar refractivity (Wildman–Crippen MR) is 83.6 cm³/mol. The minimum atomic E-state index is -0.545. The van der Waals surface area contributed by atoms with Crippen LogP contribution in [0, 0.1) is 11.7 Å². The lowest BCUT2D eigenvalue weighted by Gasteiger charge is -2.17. The first kappa shape index (κ1) is 15.0. The van der Waals surface area contributed by atoms with Crippen LogP contribution >= 0.6 is 0 Å². The Hall–Kier alpha value is -2.89. The van der Waals surface area contributed by atoms with Gasteiger partial charge in [0, 0.05) is 18.7 Å². The minimum Gasteiger partial charge on any atom is -0.508 e. The summed E-state index contributed by atoms with van der Waals surface area (Å²) in [7, 11) is 0. The summed E-state index contributed by atoms with van der Waals surface area (Å²) in [4.78, 5) is 25.6. The van der Waals surface area contributed by atoms with E-state index < -0.39 is 11.7 Å². The Bertz CT molecular complexity index is 746. The lowest BCUT2D eigenvalue weighted by atomic mass is 10.1. The summed E-state index contributed by atoms with van der Waals surface area (Å²) in [6.07, 6.45) is 0.0399. The van der Waals surface area contributed by atoms with Gasteiger partial charge in [-0.15, -0.1) is 0 Å². The summed E-state index contributed by atoms with van der Waals surface area (Å²) in [5, 5.41) is 11.9. The highest BCUT2D eigenvalue weighted by Crippen LogP contribution is 2.28. The Morgan fingerprint density at radius 1 is 1.17 bits per heavy atom. The largest absolute Gasteiger partial charge is 0.508 e. The summed E-state index contributed by atoms with van der Waals surface area (Å²) in [6.45, 7) is 0.143. The third kappa shape index (κ3) is 3.15. The molecule has 2 N–H and O–H groups in total. The number of nitrogens with zero attached hydrogens (tertiary/aromatic N) is 1. The van der Waals surface area contributed by atoms with Crippen LogP contribution in [0.5, 0.6) is 5.75 Å². The van der Waals surface area contributed by atoms with Crippen LogP contribution < -0.4 is 10.2 Å². The van der Waals surface area contributed by atoms with Crippen molar-refractivity contribution >= 4 is 23.2 Å². The number of carbonyl (C=O) groups excluding carboxylic acids is 2. The standard InChI is InChI=1S/C17H15FN2O3/c18-14-3-1-2-4-15(14)20-10-11(9-16(20)22)17(23)19-12-5-7-13(21)8-6-12/h1-8,11,21H,9-10H2,(H,19,23)/t11-/m1/s1. The molecule has 0 bridgehead atoms. The van der Waals surface area contributed by atoms with E-state index in [1.54, 1.807) is 24.3 Å². The molecule has 118 valence electrons. The highest BCUT2D eigenvalue weighted by molar-refractivity contribution is 6.03. The van der Waals surface area contributed by atoms with E-state index in [0.717, 1.165) is 0 Å². The highest BCUT2D eigenvalue weighted by Gasteiger charge is 2.36. The molecule has 0 saturated carbocycles. The quantitative estimate of drug-likeness (QED) is 0.855. The highest BCUT2D eigenvalue weighted by atomic mass is 19.1. The second kappa shape index (κ2) is 6.08. The molecule has 2 amide bonds. The molecule has 0 aliphatic carbocycles. The van der Waals surface area contributed by atoms with Gasteiger partial charge >= 0.3 is 0 Å². The van der Waals surface area contributed by atoms with Crippen LogP contribution in [-0.4, -0.2) is 23.5 Å². The first-order valence-corrected chi connectivity index (χ1v) is 7.19. The summed E-state index contributed by atoms with van der Waals surface area (Å²) in [6, 6.07) is 12.1. The molecule has 1 heterocycles. The van der Waals surface area contributed by atoms with Gasteiger partial charge in [-0.1, -0.05) is 12.1 Å². The van der Waals surface area contributed by atoms with E-state index >= 15 is 0 Å². The van der Waals surface area contributed by atoms with Crippen molar-refractivity contribution in [2.24, 2.45) is 5.92 Å². The number of anilines is 2. The number of amides is 2. The van der Waals surface area contributed by atoms with Gasteiger partial charge in [-0.2, -0.15) is 0 Å². The molecule has 6 heteroatoms. The van der Waals surface area contributed by atoms with Crippen LogP contribution in [-0.2, 0) is 9.59 Å². The third-order valence-electron chi connectivity index (χ3n) is 3.77. The van der Waals surface area contributed by atoms with Gasteiger partial charge in [-0.3, -0.25) is 9.59 Å². The second-order valence-electron chi connectivity index (χ2n) is 5.39. The minimum absolute atomic E-state index is 0.0399. The lowest BCUT2D eigenvalue weighted by molar-refractivity contribution is -0.122. The van der Waals surface area contributed by atoms with Gasteiger partial charge in [0.05, 0.1) is 11.6 Å². The van der Waals surface area contributed by atoms with E-state index in [0.29, 0.717) is 5.69 Å². The van der Waals surface area contributed by atoms with Crippen LogP contribution in [0.4, 0.5) is 15.8 Å². The van der Waals surface area contributed by atoms with Crippen LogP contribution in [0.2, 0.25) is 0 Å². The van der Waals surface area contributed by atoms with Crippen molar-refractivity contribution in [3.05, 3.63) is 54.3 Å². The molecule has 1 atom stereocenters. The van der Waals surface area contributed by atoms with Crippen molar-refractivity contribution < 1.29 is 19.1 Å². The van der Waals surface area contributed by atoms with Crippen LogP contribution in [0.15, 0.2) is 48.5 Å². The first-order chi connectivity index (χ1) is 11.0. The van der Waals surface area contributed by atoms with E-state index in [1.807, 2.05) is 0 Å². The zero-order valence-corrected chi connectivity index (χ0v) is 12.2. The van der Waals surface area contributed by atoms with Crippen molar-refractivity contribution in [3.8, 4) is 5.75 Å². The third-order valence-corrected chi connectivity index (χ3v) is 3.77. The molecule has 23 heavy (non-hydrogen) atoms. The number of aromatic hydroxyl groups is 1.